The smallest absolute Gasteiger partial charge is 0.226 e. The fourth-order valence-corrected chi connectivity index (χ4v) is 2.98. The topological polar surface area (TPSA) is 61.6 Å². The van der Waals surface area contributed by atoms with Gasteiger partial charge >= 0.3 is 0 Å². The molecule has 3 rings (SSSR count). The number of benzene rings is 1. The third-order valence-corrected chi connectivity index (χ3v) is 4.33. The maximum Gasteiger partial charge on any atom is 0.226 e. The van der Waals surface area contributed by atoms with Gasteiger partial charge in [0.05, 0.1) is 0 Å². The summed E-state index contributed by atoms with van der Waals surface area (Å²) in [5.74, 6) is 1.12. The highest BCUT2D eigenvalue weighted by Crippen LogP contribution is 2.20. The van der Waals surface area contributed by atoms with Crippen LogP contribution in [0.15, 0.2) is 34.9 Å². The van der Waals surface area contributed by atoms with Gasteiger partial charge in [-0.1, -0.05) is 22.8 Å². The molecule has 7 heteroatoms. The van der Waals surface area contributed by atoms with Crippen LogP contribution >= 0.6 is 11.6 Å². The SMILES string of the molecule is Cc1cc(NC(=O)CCN2CCN(c3cccc(Cl)c3)CC2)no1. The van der Waals surface area contributed by atoms with Crippen molar-refractivity contribution in [2.45, 2.75) is 13.3 Å². The molecule has 24 heavy (non-hydrogen) atoms. The molecule has 0 saturated carbocycles. The first-order chi connectivity index (χ1) is 11.6. The molecule has 2 heterocycles. The normalized spacial score (nSPS) is 15.5. The zero-order valence-corrected chi connectivity index (χ0v) is 14.4. The number of nitrogens with zero attached hydrogens (tertiary/aromatic N) is 3. The number of carbonyl (C=O) groups is 1. The van der Waals surface area contributed by atoms with Crippen LogP contribution in [0.5, 0.6) is 0 Å². The summed E-state index contributed by atoms with van der Waals surface area (Å²) in [7, 11) is 0. The quantitative estimate of drug-likeness (QED) is 0.900. The summed E-state index contributed by atoms with van der Waals surface area (Å²) in [6.45, 7) is 6.27. The van der Waals surface area contributed by atoms with Crippen molar-refractivity contribution < 1.29 is 9.32 Å². The van der Waals surface area contributed by atoms with E-state index in [0.29, 0.717) is 18.0 Å². The van der Waals surface area contributed by atoms with Crippen molar-refractivity contribution in [2.24, 2.45) is 0 Å². The number of hydrogen-bond donors (Lipinski definition) is 1. The Morgan fingerprint density at radius 3 is 2.75 bits per heavy atom. The van der Waals surface area contributed by atoms with Gasteiger partial charge in [0.2, 0.25) is 5.91 Å². The predicted molar refractivity (Wildman–Crippen MR) is 94.6 cm³/mol. The molecule has 0 spiro atoms. The maximum absolute atomic E-state index is 11.9. The van der Waals surface area contributed by atoms with Gasteiger partial charge in [0, 0.05) is 55.9 Å². The second-order valence-corrected chi connectivity index (χ2v) is 6.37. The lowest BCUT2D eigenvalue weighted by molar-refractivity contribution is -0.116. The van der Waals surface area contributed by atoms with E-state index in [-0.39, 0.29) is 5.91 Å². The fourth-order valence-electron chi connectivity index (χ4n) is 2.79. The Hall–Kier alpha value is -2.05. The molecule has 6 nitrogen and oxygen atoms in total. The van der Waals surface area contributed by atoms with Gasteiger partial charge in [-0.3, -0.25) is 9.69 Å². The van der Waals surface area contributed by atoms with E-state index in [1.54, 1.807) is 13.0 Å². The van der Waals surface area contributed by atoms with Crippen LogP contribution in [-0.2, 0) is 4.79 Å². The van der Waals surface area contributed by atoms with E-state index in [1.807, 2.05) is 18.2 Å². The molecule has 1 aromatic heterocycles. The molecule has 0 radical (unpaired) electrons. The number of anilines is 2. The third-order valence-electron chi connectivity index (χ3n) is 4.10. The van der Waals surface area contributed by atoms with Gasteiger partial charge in [0.1, 0.15) is 5.76 Å². The Morgan fingerprint density at radius 2 is 2.08 bits per heavy atom. The lowest BCUT2D eigenvalue weighted by Gasteiger charge is -2.36. The van der Waals surface area contributed by atoms with E-state index in [4.69, 9.17) is 16.1 Å². The molecule has 0 atom stereocenters. The van der Waals surface area contributed by atoms with Crippen LogP contribution < -0.4 is 10.2 Å². The Labute approximate surface area is 146 Å². The first-order valence-corrected chi connectivity index (χ1v) is 8.44. The van der Waals surface area contributed by atoms with Crippen molar-refractivity contribution in [3.05, 3.63) is 41.1 Å². The molecule has 128 valence electrons. The van der Waals surface area contributed by atoms with Crippen LogP contribution in [0.3, 0.4) is 0 Å². The van der Waals surface area contributed by atoms with E-state index in [0.717, 1.165) is 43.4 Å². The molecular weight excluding hydrogens is 328 g/mol. The summed E-state index contributed by atoms with van der Waals surface area (Å²) in [5, 5.41) is 7.27. The van der Waals surface area contributed by atoms with Gasteiger partial charge in [-0.25, -0.2) is 0 Å². The number of halogens is 1. The average molecular weight is 349 g/mol. The number of aryl methyl sites for hydroxylation is 1. The molecule has 1 aliphatic heterocycles. The van der Waals surface area contributed by atoms with E-state index in [1.165, 1.54) is 0 Å². The highest BCUT2D eigenvalue weighted by Gasteiger charge is 2.18. The van der Waals surface area contributed by atoms with Gasteiger partial charge in [0.15, 0.2) is 5.82 Å². The summed E-state index contributed by atoms with van der Waals surface area (Å²) in [5.41, 5.74) is 1.15. The van der Waals surface area contributed by atoms with Gasteiger partial charge in [-0.05, 0) is 25.1 Å². The molecule has 1 saturated heterocycles. The van der Waals surface area contributed by atoms with Crippen LogP contribution in [0.1, 0.15) is 12.2 Å². The lowest BCUT2D eigenvalue weighted by Crippen LogP contribution is -2.47. The summed E-state index contributed by atoms with van der Waals surface area (Å²) in [4.78, 5) is 16.6. The van der Waals surface area contributed by atoms with Crippen molar-refractivity contribution in [3.63, 3.8) is 0 Å². The molecule has 1 amide bonds. The highest BCUT2D eigenvalue weighted by molar-refractivity contribution is 6.30. The highest BCUT2D eigenvalue weighted by atomic mass is 35.5. The molecule has 0 unspecified atom stereocenters. The Balaban J connectivity index is 1.41. The Morgan fingerprint density at radius 1 is 1.29 bits per heavy atom. The number of rotatable bonds is 5. The standard InChI is InChI=1S/C17H21ClN4O2/c1-13-11-16(20-24-13)19-17(23)5-6-21-7-9-22(10-8-21)15-4-2-3-14(18)12-15/h2-4,11-12H,5-10H2,1H3,(H,19,20,23). The van der Waals surface area contributed by atoms with E-state index >= 15 is 0 Å². The summed E-state index contributed by atoms with van der Waals surface area (Å²) < 4.78 is 4.93. The number of carbonyl (C=O) groups excluding carboxylic acids is 1. The van der Waals surface area contributed by atoms with Gasteiger partial charge in [-0.15, -0.1) is 0 Å². The Bertz CT molecular complexity index is 695. The van der Waals surface area contributed by atoms with Crippen molar-refractivity contribution in [1.29, 1.82) is 0 Å². The van der Waals surface area contributed by atoms with Crippen molar-refractivity contribution in [1.82, 2.24) is 10.1 Å². The largest absolute Gasteiger partial charge is 0.369 e. The van der Waals surface area contributed by atoms with Crippen LogP contribution in [0.25, 0.3) is 0 Å². The molecule has 1 N–H and O–H groups in total. The van der Waals surface area contributed by atoms with Crippen molar-refractivity contribution >= 4 is 29.0 Å². The zero-order chi connectivity index (χ0) is 16.9. The fraction of sp³-hybridized carbons (Fsp3) is 0.412. The van der Waals surface area contributed by atoms with Crippen molar-refractivity contribution in [2.75, 3.05) is 42.9 Å². The summed E-state index contributed by atoms with van der Waals surface area (Å²) >= 11 is 6.05. The molecular formula is C17H21ClN4O2. The molecule has 2 aromatic rings. The second kappa shape index (κ2) is 7.68. The van der Waals surface area contributed by atoms with E-state index in [9.17, 15) is 4.79 Å². The molecule has 0 aliphatic carbocycles. The van der Waals surface area contributed by atoms with Crippen molar-refractivity contribution in [3.8, 4) is 0 Å². The molecule has 1 aliphatic rings. The summed E-state index contributed by atoms with van der Waals surface area (Å²) in [6, 6.07) is 9.64. The minimum absolute atomic E-state index is 0.0411. The number of aromatic nitrogens is 1. The number of amides is 1. The molecule has 1 aromatic carbocycles. The molecule has 1 fully saturated rings. The van der Waals surface area contributed by atoms with Crippen LogP contribution in [0.2, 0.25) is 5.02 Å². The minimum atomic E-state index is -0.0411. The van der Waals surface area contributed by atoms with E-state index in [2.05, 4.69) is 26.3 Å². The van der Waals surface area contributed by atoms with Gasteiger partial charge in [0.25, 0.3) is 0 Å². The number of nitrogens with one attached hydrogen (secondary N) is 1. The van der Waals surface area contributed by atoms with Crippen LogP contribution in [0, 0.1) is 6.92 Å². The minimum Gasteiger partial charge on any atom is -0.369 e. The summed E-state index contributed by atoms with van der Waals surface area (Å²) in [6.07, 6.45) is 0.447. The lowest BCUT2D eigenvalue weighted by atomic mass is 10.2. The third kappa shape index (κ3) is 4.49. The van der Waals surface area contributed by atoms with Crippen LogP contribution in [-0.4, -0.2) is 48.7 Å². The first-order valence-electron chi connectivity index (χ1n) is 8.06. The molecule has 0 bridgehead atoms. The second-order valence-electron chi connectivity index (χ2n) is 5.93. The Kier molecular flexibility index (Phi) is 5.37. The van der Waals surface area contributed by atoms with Gasteiger partial charge in [-0.2, -0.15) is 0 Å². The first kappa shape index (κ1) is 16.8. The van der Waals surface area contributed by atoms with Crippen LogP contribution in [0.4, 0.5) is 11.5 Å². The number of piperazine rings is 1. The monoisotopic (exact) mass is 348 g/mol. The average Bonchev–Trinajstić information content (AvgIpc) is 2.98. The zero-order valence-electron chi connectivity index (χ0n) is 13.7. The van der Waals surface area contributed by atoms with E-state index < -0.39 is 0 Å². The number of hydrogen-bond acceptors (Lipinski definition) is 5. The van der Waals surface area contributed by atoms with Gasteiger partial charge < -0.3 is 14.7 Å². The predicted octanol–water partition coefficient (Wildman–Crippen LogP) is 2.79. The maximum atomic E-state index is 11.9.